The highest BCUT2D eigenvalue weighted by atomic mass is 16.7. The van der Waals surface area contributed by atoms with E-state index < -0.39 is 11.7 Å². The van der Waals surface area contributed by atoms with Crippen LogP contribution in [-0.4, -0.2) is 24.4 Å². The Morgan fingerprint density at radius 3 is 2.44 bits per heavy atom. The van der Waals surface area contributed by atoms with Crippen molar-refractivity contribution in [3.63, 3.8) is 0 Å². The molecule has 142 valence electrons. The van der Waals surface area contributed by atoms with Crippen LogP contribution in [-0.2, 0) is 11.3 Å². The van der Waals surface area contributed by atoms with Gasteiger partial charge in [0.2, 0.25) is 6.79 Å². The van der Waals surface area contributed by atoms with E-state index in [2.05, 4.69) is 10.6 Å². The maximum Gasteiger partial charge on any atom is 0.412 e. The first kappa shape index (κ1) is 18.6. The molecule has 0 saturated carbocycles. The van der Waals surface area contributed by atoms with Crippen molar-refractivity contribution in [1.82, 2.24) is 5.32 Å². The molecule has 1 aliphatic heterocycles. The Labute approximate surface area is 157 Å². The maximum atomic E-state index is 12.3. The zero-order valence-corrected chi connectivity index (χ0v) is 15.5. The number of hydrogen-bond donors (Lipinski definition) is 2. The summed E-state index contributed by atoms with van der Waals surface area (Å²) >= 11 is 0. The molecule has 1 aliphatic rings. The van der Waals surface area contributed by atoms with Gasteiger partial charge >= 0.3 is 6.09 Å². The molecule has 0 aromatic heterocycles. The van der Waals surface area contributed by atoms with E-state index in [1.807, 2.05) is 18.2 Å². The smallest absolute Gasteiger partial charge is 0.412 e. The number of benzene rings is 2. The van der Waals surface area contributed by atoms with Crippen LogP contribution in [0.2, 0.25) is 0 Å². The van der Waals surface area contributed by atoms with Gasteiger partial charge in [-0.3, -0.25) is 10.1 Å². The van der Waals surface area contributed by atoms with Gasteiger partial charge in [-0.1, -0.05) is 6.07 Å². The molecule has 3 rings (SSSR count). The third-order valence-electron chi connectivity index (χ3n) is 3.68. The summed E-state index contributed by atoms with van der Waals surface area (Å²) in [4.78, 5) is 24.0. The van der Waals surface area contributed by atoms with E-state index in [9.17, 15) is 9.59 Å². The first-order chi connectivity index (χ1) is 12.8. The van der Waals surface area contributed by atoms with E-state index in [1.165, 1.54) is 0 Å². The lowest BCUT2D eigenvalue weighted by atomic mass is 10.1. The summed E-state index contributed by atoms with van der Waals surface area (Å²) < 4.78 is 15.8. The van der Waals surface area contributed by atoms with Gasteiger partial charge in [0.25, 0.3) is 5.91 Å². The van der Waals surface area contributed by atoms with E-state index >= 15 is 0 Å². The zero-order chi connectivity index (χ0) is 19.4. The number of carbonyl (C=O) groups excluding carboxylic acids is 2. The second kappa shape index (κ2) is 7.57. The Bertz CT molecular complexity index is 840. The number of nitrogens with one attached hydrogen (secondary N) is 2. The Morgan fingerprint density at radius 2 is 1.74 bits per heavy atom. The quantitative estimate of drug-likeness (QED) is 0.857. The molecule has 0 bridgehead atoms. The average Bonchev–Trinajstić information content (AvgIpc) is 3.06. The number of carbonyl (C=O) groups is 2. The molecule has 0 aliphatic carbocycles. The van der Waals surface area contributed by atoms with Crippen LogP contribution < -0.4 is 20.1 Å². The van der Waals surface area contributed by atoms with Crippen molar-refractivity contribution in [1.29, 1.82) is 0 Å². The molecule has 0 radical (unpaired) electrons. The Hall–Kier alpha value is -3.22. The number of anilines is 1. The predicted molar refractivity (Wildman–Crippen MR) is 100 cm³/mol. The minimum absolute atomic E-state index is 0.212. The van der Waals surface area contributed by atoms with Gasteiger partial charge in [-0.05, 0) is 62.7 Å². The molecule has 2 amide bonds. The lowest BCUT2D eigenvalue weighted by Gasteiger charge is -2.19. The van der Waals surface area contributed by atoms with Crippen LogP contribution in [0.25, 0.3) is 0 Å². The minimum Gasteiger partial charge on any atom is -0.454 e. The molecular formula is C20H22N2O5. The number of ether oxygens (including phenoxy) is 3. The average molecular weight is 370 g/mol. The Morgan fingerprint density at radius 1 is 1.04 bits per heavy atom. The summed E-state index contributed by atoms with van der Waals surface area (Å²) in [5.41, 5.74) is 1.39. The van der Waals surface area contributed by atoms with Gasteiger partial charge in [-0.2, -0.15) is 0 Å². The van der Waals surface area contributed by atoms with Crippen molar-refractivity contribution in [2.24, 2.45) is 0 Å². The lowest BCUT2D eigenvalue weighted by Crippen LogP contribution is -2.27. The molecule has 0 saturated heterocycles. The van der Waals surface area contributed by atoms with Crippen LogP contribution in [0.15, 0.2) is 42.5 Å². The standard InChI is InChI=1S/C20H22N2O5/c1-20(2,3)27-19(24)22-15-7-5-14(6-8-15)18(23)21-11-13-4-9-16-17(10-13)26-12-25-16/h4-10H,11-12H2,1-3H3,(H,21,23)(H,22,24). The third kappa shape index (κ3) is 5.13. The molecule has 0 atom stereocenters. The largest absolute Gasteiger partial charge is 0.454 e. The van der Waals surface area contributed by atoms with Crippen molar-refractivity contribution in [2.75, 3.05) is 12.1 Å². The zero-order valence-electron chi connectivity index (χ0n) is 15.5. The van der Waals surface area contributed by atoms with Gasteiger partial charge in [0.05, 0.1) is 0 Å². The van der Waals surface area contributed by atoms with Gasteiger partial charge in [-0.15, -0.1) is 0 Å². The number of rotatable bonds is 4. The number of fused-ring (bicyclic) bond motifs is 1. The van der Waals surface area contributed by atoms with Gasteiger partial charge in [-0.25, -0.2) is 4.79 Å². The molecule has 27 heavy (non-hydrogen) atoms. The van der Waals surface area contributed by atoms with Crippen LogP contribution >= 0.6 is 0 Å². The summed E-state index contributed by atoms with van der Waals surface area (Å²) in [5.74, 6) is 1.17. The number of amides is 2. The number of hydrogen-bond acceptors (Lipinski definition) is 5. The highest BCUT2D eigenvalue weighted by Crippen LogP contribution is 2.32. The predicted octanol–water partition coefficient (Wildman–Crippen LogP) is 3.69. The molecule has 0 fully saturated rings. The molecule has 2 aromatic carbocycles. The third-order valence-corrected chi connectivity index (χ3v) is 3.68. The summed E-state index contributed by atoms with van der Waals surface area (Å²) in [6.07, 6.45) is -0.539. The summed E-state index contributed by atoms with van der Waals surface area (Å²) in [6.45, 7) is 5.96. The van der Waals surface area contributed by atoms with Gasteiger partial charge in [0.15, 0.2) is 11.5 Å². The second-order valence-corrected chi connectivity index (χ2v) is 7.07. The lowest BCUT2D eigenvalue weighted by molar-refractivity contribution is 0.0635. The monoisotopic (exact) mass is 370 g/mol. The van der Waals surface area contributed by atoms with Crippen LogP contribution in [0.1, 0.15) is 36.7 Å². The van der Waals surface area contributed by atoms with Crippen LogP contribution in [0, 0.1) is 0 Å². The fourth-order valence-corrected chi connectivity index (χ4v) is 2.46. The van der Waals surface area contributed by atoms with E-state index in [4.69, 9.17) is 14.2 Å². The molecule has 2 aromatic rings. The van der Waals surface area contributed by atoms with Gasteiger partial charge in [0, 0.05) is 17.8 Å². The summed E-state index contributed by atoms with van der Waals surface area (Å²) in [5, 5.41) is 5.48. The molecule has 7 heteroatoms. The minimum atomic E-state index is -0.571. The molecule has 7 nitrogen and oxygen atoms in total. The second-order valence-electron chi connectivity index (χ2n) is 7.07. The first-order valence-corrected chi connectivity index (χ1v) is 8.57. The highest BCUT2D eigenvalue weighted by Gasteiger charge is 2.16. The molecule has 0 spiro atoms. The summed E-state index contributed by atoms with van der Waals surface area (Å²) in [7, 11) is 0. The normalized spacial score (nSPS) is 12.4. The van der Waals surface area contributed by atoms with E-state index in [0.29, 0.717) is 29.3 Å². The fraction of sp³-hybridized carbons (Fsp3) is 0.300. The first-order valence-electron chi connectivity index (χ1n) is 8.57. The topological polar surface area (TPSA) is 85.9 Å². The Kier molecular flexibility index (Phi) is 5.21. The SMILES string of the molecule is CC(C)(C)OC(=O)Nc1ccc(C(=O)NCc2ccc3c(c2)OCO3)cc1. The van der Waals surface area contributed by atoms with E-state index in [-0.39, 0.29) is 12.7 Å². The molecule has 2 N–H and O–H groups in total. The van der Waals surface area contributed by atoms with E-state index in [1.54, 1.807) is 45.0 Å². The molecule has 1 heterocycles. The van der Waals surface area contributed by atoms with E-state index in [0.717, 1.165) is 5.56 Å². The van der Waals surface area contributed by atoms with Crippen molar-refractivity contribution in [2.45, 2.75) is 32.9 Å². The maximum absolute atomic E-state index is 12.3. The van der Waals surface area contributed by atoms with Crippen LogP contribution in [0.3, 0.4) is 0 Å². The fourth-order valence-electron chi connectivity index (χ4n) is 2.46. The summed E-state index contributed by atoms with van der Waals surface area (Å²) in [6, 6.07) is 12.1. The van der Waals surface area contributed by atoms with Crippen molar-refractivity contribution < 1.29 is 23.8 Å². The Balaban J connectivity index is 1.53. The van der Waals surface area contributed by atoms with Crippen LogP contribution in [0.5, 0.6) is 11.5 Å². The van der Waals surface area contributed by atoms with Crippen molar-refractivity contribution in [3.8, 4) is 11.5 Å². The van der Waals surface area contributed by atoms with Gasteiger partial charge < -0.3 is 19.5 Å². The van der Waals surface area contributed by atoms with Crippen molar-refractivity contribution in [3.05, 3.63) is 53.6 Å². The van der Waals surface area contributed by atoms with Crippen LogP contribution in [0.4, 0.5) is 10.5 Å². The molecule has 0 unspecified atom stereocenters. The highest BCUT2D eigenvalue weighted by molar-refractivity contribution is 5.95. The molecular weight excluding hydrogens is 348 g/mol. The van der Waals surface area contributed by atoms with Crippen molar-refractivity contribution >= 4 is 17.7 Å². The van der Waals surface area contributed by atoms with Gasteiger partial charge in [0.1, 0.15) is 5.60 Å².